The molecule has 1 aromatic carbocycles. The number of benzene rings is 1. The summed E-state index contributed by atoms with van der Waals surface area (Å²) in [6.07, 6.45) is -0.243. The molecule has 30 heavy (non-hydrogen) atoms. The highest BCUT2D eigenvalue weighted by atomic mass is 16.6. The molecule has 0 aliphatic carbocycles. The van der Waals surface area contributed by atoms with Gasteiger partial charge in [0.1, 0.15) is 12.4 Å². The Morgan fingerprint density at radius 3 is 1.83 bits per heavy atom. The lowest BCUT2D eigenvalue weighted by atomic mass is 10.1. The van der Waals surface area contributed by atoms with Gasteiger partial charge in [-0.25, -0.2) is 4.79 Å². The van der Waals surface area contributed by atoms with E-state index in [1.54, 1.807) is 7.11 Å². The van der Waals surface area contributed by atoms with Gasteiger partial charge in [-0.15, -0.1) is 0 Å². The van der Waals surface area contributed by atoms with Crippen LogP contribution in [0.4, 0.5) is 4.79 Å². The predicted octanol–water partition coefficient (Wildman–Crippen LogP) is 3.08. The third-order valence-corrected chi connectivity index (χ3v) is 4.26. The van der Waals surface area contributed by atoms with Crippen molar-refractivity contribution < 1.29 is 33.6 Å². The summed E-state index contributed by atoms with van der Waals surface area (Å²) < 4.78 is 26.7. The van der Waals surface area contributed by atoms with Gasteiger partial charge in [0.2, 0.25) is 0 Å². The molecule has 0 heterocycles. The first-order valence-corrected chi connectivity index (χ1v) is 10.3. The molecule has 1 amide bonds. The molecule has 0 aliphatic rings. The van der Waals surface area contributed by atoms with Crippen molar-refractivity contribution in [1.29, 1.82) is 0 Å². The highest BCUT2D eigenvalue weighted by Gasteiger charge is 2.25. The largest absolute Gasteiger partial charge is 0.491 e. The second kappa shape index (κ2) is 15.0. The maximum Gasteiger partial charge on any atom is 0.407 e. The highest BCUT2D eigenvalue weighted by Crippen LogP contribution is 2.16. The zero-order chi connectivity index (χ0) is 22.2. The molecular weight excluding hydrogens is 390 g/mol. The predicted molar refractivity (Wildman–Crippen MR) is 114 cm³/mol. The first kappa shape index (κ1) is 26.2. The lowest BCUT2D eigenvalue weighted by Gasteiger charge is -2.33. The molecule has 0 atom stereocenters. The number of ether oxygens (including phenoxy) is 5. The average molecular weight is 428 g/mol. The van der Waals surface area contributed by atoms with Gasteiger partial charge >= 0.3 is 6.09 Å². The van der Waals surface area contributed by atoms with Gasteiger partial charge in [0.25, 0.3) is 0 Å². The van der Waals surface area contributed by atoms with Crippen LogP contribution in [0.5, 0.6) is 5.75 Å². The molecule has 0 aromatic heterocycles. The van der Waals surface area contributed by atoms with Crippen LogP contribution in [0.3, 0.4) is 0 Å². The van der Waals surface area contributed by atoms with Crippen LogP contribution in [0, 0.1) is 0 Å². The second-order valence-electron chi connectivity index (χ2n) is 7.68. The van der Waals surface area contributed by atoms with Gasteiger partial charge in [0.15, 0.2) is 0 Å². The molecule has 8 heteroatoms. The molecule has 0 radical (unpaired) electrons. The summed E-state index contributed by atoms with van der Waals surface area (Å²) >= 11 is 0. The molecule has 172 valence electrons. The Balaban J connectivity index is 2.11. The van der Waals surface area contributed by atoms with Crippen molar-refractivity contribution in [2.24, 2.45) is 0 Å². The molecule has 0 unspecified atom stereocenters. The van der Waals surface area contributed by atoms with Crippen LogP contribution in [0.25, 0.3) is 0 Å². The molecule has 1 rings (SSSR count). The minimum atomic E-state index is -0.900. The summed E-state index contributed by atoms with van der Waals surface area (Å²) in [4.78, 5) is 12.8. The van der Waals surface area contributed by atoms with Crippen LogP contribution in [0.1, 0.15) is 26.3 Å². The monoisotopic (exact) mass is 427 g/mol. The van der Waals surface area contributed by atoms with E-state index in [1.807, 2.05) is 45.0 Å². The summed E-state index contributed by atoms with van der Waals surface area (Å²) in [7, 11) is 1.64. The first-order valence-electron chi connectivity index (χ1n) is 10.3. The van der Waals surface area contributed by atoms with Crippen molar-refractivity contribution >= 4 is 6.09 Å². The summed E-state index contributed by atoms with van der Waals surface area (Å²) in [5, 5.41) is 9.35. The molecule has 0 fully saturated rings. The van der Waals surface area contributed by atoms with Crippen LogP contribution in [-0.2, 0) is 25.4 Å². The fourth-order valence-corrected chi connectivity index (χ4v) is 2.61. The Morgan fingerprint density at radius 1 is 0.867 bits per heavy atom. The van der Waals surface area contributed by atoms with Gasteiger partial charge in [0.05, 0.1) is 46.2 Å². The van der Waals surface area contributed by atoms with Crippen molar-refractivity contribution in [2.75, 3.05) is 66.5 Å². The summed E-state index contributed by atoms with van der Waals surface area (Å²) in [6, 6.07) is 7.71. The summed E-state index contributed by atoms with van der Waals surface area (Å²) in [5.74, 6) is 0.762. The number of carboxylic acid groups (broad SMARTS) is 1. The van der Waals surface area contributed by atoms with Gasteiger partial charge in [-0.1, -0.05) is 12.1 Å². The standard InChI is InChI=1S/C22H37NO7/c1-22(2,3)23(21(24)25)10-9-19-5-7-20(8-6-19)30-18-17-29-16-15-28-14-13-27-12-11-26-4/h5-8H,9-18H2,1-4H3,(H,24,25). The Hall–Kier alpha value is -1.87. The van der Waals surface area contributed by atoms with Crippen LogP contribution >= 0.6 is 0 Å². The van der Waals surface area contributed by atoms with Crippen molar-refractivity contribution in [1.82, 2.24) is 4.90 Å². The van der Waals surface area contributed by atoms with E-state index in [4.69, 9.17) is 23.7 Å². The molecular formula is C22H37NO7. The smallest absolute Gasteiger partial charge is 0.407 e. The molecule has 1 aromatic rings. The number of hydrogen-bond acceptors (Lipinski definition) is 6. The lowest BCUT2D eigenvalue weighted by Crippen LogP contribution is -2.45. The van der Waals surface area contributed by atoms with Crippen LogP contribution in [-0.4, -0.2) is 88.1 Å². The second-order valence-corrected chi connectivity index (χ2v) is 7.68. The third-order valence-electron chi connectivity index (χ3n) is 4.26. The zero-order valence-corrected chi connectivity index (χ0v) is 18.7. The third kappa shape index (κ3) is 12.0. The topological polar surface area (TPSA) is 86.7 Å². The van der Waals surface area contributed by atoms with E-state index in [0.717, 1.165) is 11.3 Å². The van der Waals surface area contributed by atoms with E-state index in [0.29, 0.717) is 65.8 Å². The molecule has 0 spiro atoms. The average Bonchev–Trinajstić information content (AvgIpc) is 2.68. The first-order chi connectivity index (χ1) is 14.3. The van der Waals surface area contributed by atoms with E-state index in [2.05, 4.69) is 0 Å². The van der Waals surface area contributed by atoms with Gasteiger partial charge in [0, 0.05) is 19.2 Å². The van der Waals surface area contributed by atoms with E-state index in [1.165, 1.54) is 4.90 Å². The molecule has 0 saturated heterocycles. The Labute approximate surface area is 180 Å². The zero-order valence-electron chi connectivity index (χ0n) is 18.7. The lowest BCUT2D eigenvalue weighted by molar-refractivity contribution is 0.000163. The van der Waals surface area contributed by atoms with Gasteiger partial charge in [-0.2, -0.15) is 0 Å². The summed E-state index contributed by atoms with van der Waals surface area (Å²) in [5.41, 5.74) is 0.648. The number of rotatable bonds is 16. The number of amides is 1. The minimum absolute atomic E-state index is 0.419. The van der Waals surface area contributed by atoms with E-state index >= 15 is 0 Å². The number of carbonyl (C=O) groups is 1. The Bertz CT molecular complexity index is 572. The quantitative estimate of drug-likeness (QED) is 0.406. The summed E-state index contributed by atoms with van der Waals surface area (Å²) in [6.45, 7) is 10.3. The van der Waals surface area contributed by atoms with E-state index < -0.39 is 11.6 Å². The molecule has 0 bridgehead atoms. The molecule has 8 nitrogen and oxygen atoms in total. The van der Waals surface area contributed by atoms with Gasteiger partial charge in [-0.3, -0.25) is 0 Å². The fourth-order valence-electron chi connectivity index (χ4n) is 2.61. The van der Waals surface area contributed by atoms with Crippen molar-refractivity contribution in [2.45, 2.75) is 32.7 Å². The SMILES string of the molecule is COCCOCCOCCOCCOc1ccc(CCN(C(=O)O)C(C)(C)C)cc1. The molecule has 1 N–H and O–H groups in total. The Morgan fingerprint density at radius 2 is 1.37 bits per heavy atom. The normalized spacial score (nSPS) is 11.5. The minimum Gasteiger partial charge on any atom is -0.491 e. The van der Waals surface area contributed by atoms with Gasteiger partial charge in [-0.05, 0) is 44.9 Å². The van der Waals surface area contributed by atoms with Crippen molar-refractivity contribution in [3.8, 4) is 5.75 Å². The fraction of sp³-hybridized carbons (Fsp3) is 0.682. The molecule has 0 saturated carbocycles. The maximum atomic E-state index is 11.4. The highest BCUT2D eigenvalue weighted by molar-refractivity contribution is 5.66. The number of nitrogens with zero attached hydrogens (tertiary/aromatic N) is 1. The van der Waals surface area contributed by atoms with Crippen LogP contribution in [0.15, 0.2) is 24.3 Å². The van der Waals surface area contributed by atoms with Crippen molar-refractivity contribution in [3.63, 3.8) is 0 Å². The van der Waals surface area contributed by atoms with Crippen LogP contribution in [0.2, 0.25) is 0 Å². The van der Waals surface area contributed by atoms with E-state index in [-0.39, 0.29) is 0 Å². The number of methoxy groups -OCH3 is 1. The number of hydrogen-bond donors (Lipinski definition) is 1. The molecule has 0 aliphatic heterocycles. The van der Waals surface area contributed by atoms with E-state index in [9.17, 15) is 9.90 Å². The van der Waals surface area contributed by atoms with Crippen molar-refractivity contribution in [3.05, 3.63) is 29.8 Å². The van der Waals surface area contributed by atoms with Gasteiger partial charge < -0.3 is 33.7 Å². The Kier molecular flexibility index (Phi) is 13.1. The van der Waals surface area contributed by atoms with Crippen LogP contribution < -0.4 is 4.74 Å². The maximum absolute atomic E-state index is 11.4.